The summed E-state index contributed by atoms with van der Waals surface area (Å²) in [5.41, 5.74) is -0.172. The Balaban J connectivity index is 0.000000383. The van der Waals surface area contributed by atoms with Crippen molar-refractivity contribution in [2.75, 3.05) is 32.8 Å². The molecule has 204 valence electrons. The minimum Gasteiger partial charge on any atom is -0.475 e. The van der Waals surface area contributed by atoms with Crippen molar-refractivity contribution in [3.8, 4) is 0 Å². The van der Waals surface area contributed by atoms with Crippen molar-refractivity contribution in [2.24, 2.45) is 7.05 Å². The number of hydrogen-bond acceptors (Lipinski definition) is 6. The molecule has 2 aliphatic heterocycles. The Morgan fingerprint density at radius 2 is 1.64 bits per heavy atom. The van der Waals surface area contributed by atoms with Crippen LogP contribution in [0.25, 0.3) is 0 Å². The Kier molecular flexibility index (Phi) is 10.9. The number of carboxylic acid groups (broad SMARTS) is 2. The Morgan fingerprint density at radius 3 is 2.03 bits per heavy atom. The summed E-state index contributed by atoms with van der Waals surface area (Å²) < 4.78 is 71.5. The van der Waals surface area contributed by atoms with E-state index in [1.165, 1.54) is 0 Å². The molecule has 1 spiro atoms. The van der Waals surface area contributed by atoms with Crippen LogP contribution in [0.5, 0.6) is 0 Å². The van der Waals surface area contributed by atoms with E-state index in [0.717, 1.165) is 38.3 Å². The van der Waals surface area contributed by atoms with Crippen LogP contribution in [0.1, 0.15) is 18.7 Å². The van der Waals surface area contributed by atoms with Gasteiger partial charge in [0.05, 0.1) is 18.7 Å². The lowest BCUT2D eigenvalue weighted by molar-refractivity contribution is -0.193. The van der Waals surface area contributed by atoms with Gasteiger partial charge in [-0.05, 0) is 12.8 Å². The summed E-state index contributed by atoms with van der Waals surface area (Å²) in [4.78, 5) is 38.3. The number of aryl methyl sites for hydroxylation is 1. The predicted octanol–water partition coefficient (Wildman–Crippen LogP) is 2.07. The normalized spacial score (nSPS) is 18.0. The largest absolute Gasteiger partial charge is 0.490 e. The van der Waals surface area contributed by atoms with Crippen LogP contribution < -0.4 is 0 Å². The highest BCUT2D eigenvalue weighted by atomic mass is 19.4. The fourth-order valence-electron chi connectivity index (χ4n) is 3.28. The van der Waals surface area contributed by atoms with Gasteiger partial charge in [-0.2, -0.15) is 26.3 Å². The number of morpholine rings is 1. The summed E-state index contributed by atoms with van der Waals surface area (Å²) >= 11 is 0. The highest BCUT2D eigenvalue weighted by Crippen LogP contribution is 2.31. The number of amides is 1. The molecule has 3 rings (SSSR count). The number of aromatic nitrogens is 2. The van der Waals surface area contributed by atoms with Gasteiger partial charge in [-0.1, -0.05) is 6.08 Å². The number of carbonyl (C=O) groups excluding carboxylic acids is 1. The van der Waals surface area contributed by atoms with Gasteiger partial charge in [-0.15, -0.1) is 6.58 Å². The average molecular weight is 532 g/mol. The molecule has 0 unspecified atom stereocenters. The topological polar surface area (TPSA) is 125 Å². The molecule has 0 aliphatic carbocycles. The first kappa shape index (κ1) is 30.9. The Hall–Kier alpha value is -3.14. The number of aliphatic carboxylic acids is 2. The van der Waals surface area contributed by atoms with Crippen molar-refractivity contribution in [1.29, 1.82) is 0 Å². The molecule has 2 saturated heterocycles. The van der Waals surface area contributed by atoms with Crippen LogP contribution in [0.15, 0.2) is 25.0 Å². The molecule has 0 atom stereocenters. The number of carbonyl (C=O) groups is 3. The van der Waals surface area contributed by atoms with Gasteiger partial charge in [0.15, 0.2) is 0 Å². The molecule has 1 aromatic rings. The van der Waals surface area contributed by atoms with E-state index in [1.54, 1.807) is 6.08 Å². The minimum absolute atomic E-state index is 0.0703. The van der Waals surface area contributed by atoms with E-state index >= 15 is 0 Å². The second-order valence-corrected chi connectivity index (χ2v) is 7.87. The Labute approximate surface area is 201 Å². The monoisotopic (exact) mass is 532 g/mol. The number of ether oxygens (including phenoxy) is 1. The summed E-state index contributed by atoms with van der Waals surface area (Å²) in [6.45, 7) is 8.06. The lowest BCUT2D eigenvalue weighted by Crippen LogP contribution is -2.58. The zero-order valence-electron chi connectivity index (χ0n) is 19.2. The summed E-state index contributed by atoms with van der Waals surface area (Å²) in [6.07, 6.45) is -2.66. The first-order valence-corrected chi connectivity index (χ1v) is 10.3. The standard InChI is InChI=1S/C16H24N4O2.2C2HF3O2/c1-3-7-20-13-16(22-12-15(20)21)4-8-19(9-5-16)11-14-17-6-10-18(14)2;2*3-2(4,5)1(6)7/h3,6,10H,1,4-5,7-9,11-13H2,2H3;2*(H,6,7). The van der Waals surface area contributed by atoms with E-state index in [-0.39, 0.29) is 18.1 Å². The van der Waals surface area contributed by atoms with Crippen LogP contribution >= 0.6 is 0 Å². The molecule has 0 saturated carbocycles. The molecule has 0 bridgehead atoms. The summed E-state index contributed by atoms with van der Waals surface area (Å²) in [6, 6.07) is 0. The van der Waals surface area contributed by atoms with E-state index in [9.17, 15) is 31.1 Å². The molecule has 1 aromatic heterocycles. The molecule has 2 fully saturated rings. The fourth-order valence-corrected chi connectivity index (χ4v) is 3.28. The van der Waals surface area contributed by atoms with Crippen molar-refractivity contribution in [3.05, 3.63) is 30.9 Å². The van der Waals surface area contributed by atoms with Gasteiger partial charge < -0.3 is 24.4 Å². The van der Waals surface area contributed by atoms with E-state index in [4.69, 9.17) is 24.5 Å². The minimum atomic E-state index is -5.08. The maximum Gasteiger partial charge on any atom is 0.490 e. The quantitative estimate of drug-likeness (QED) is 0.446. The number of alkyl halides is 6. The van der Waals surface area contributed by atoms with E-state index < -0.39 is 24.3 Å². The van der Waals surface area contributed by atoms with Gasteiger partial charge in [-0.3, -0.25) is 9.69 Å². The second-order valence-electron chi connectivity index (χ2n) is 7.87. The highest BCUT2D eigenvalue weighted by Gasteiger charge is 2.42. The van der Waals surface area contributed by atoms with Crippen LogP contribution in [0.4, 0.5) is 26.3 Å². The number of hydrogen-bond donors (Lipinski definition) is 2. The van der Waals surface area contributed by atoms with Crippen LogP contribution in [0.2, 0.25) is 0 Å². The zero-order chi connectivity index (χ0) is 27.7. The molecular weight excluding hydrogens is 506 g/mol. The third-order valence-corrected chi connectivity index (χ3v) is 5.22. The molecule has 16 heteroatoms. The van der Waals surface area contributed by atoms with Gasteiger partial charge in [0.1, 0.15) is 12.4 Å². The lowest BCUT2D eigenvalue weighted by Gasteiger charge is -2.46. The lowest BCUT2D eigenvalue weighted by atomic mass is 9.89. The molecule has 1 amide bonds. The summed E-state index contributed by atoms with van der Waals surface area (Å²) in [7, 11) is 2.02. The smallest absolute Gasteiger partial charge is 0.475 e. The van der Waals surface area contributed by atoms with Crippen LogP contribution in [-0.2, 0) is 32.7 Å². The van der Waals surface area contributed by atoms with Crippen LogP contribution in [0, 0.1) is 0 Å². The first-order valence-electron chi connectivity index (χ1n) is 10.3. The maximum atomic E-state index is 11.9. The number of carboxylic acids is 2. The van der Waals surface area contributed by atoms with Crippen LogP contribution in [0.3, 0.4) is 0 Å². The molecule has 0 aromatic carbocycles. The van der Waals surface area contributed by atoms with Crippen molar-refractivity contribution in [2.45, 2.75) is 37.3 Å². The van der Waals surface area contributed by atoms with Gasteiger partial charge >= 0.3 is 24.3 Å². The molecule has 2 N–H and O–H groups in total. The van der Waals surface area contributed by atoms with E-state index in [0.29, 0.717) is 13.1 Å². The molecule has 36 heavy (non-hydrogen) atoms. The number of likely N-dealkylation sites (tertiary alicyclic amines) is 1. The fraction of sp³-hybridized carbons (Fsp3) is 0.600. The molecular formula is C20H26F6N4O6. The van der Waals surface area contributed by atoms with Crippen molar-refractivity contribution >= 4 is 17.8 Å². The van der Waals surface area contributed by atoms with Gasteiger partial charge in [0.2, 0.25) is 5.91 Å². The summed E-state index contributed by atoms with van der Waals surface area (Å²) in [5.74, 6) is -4.36. The van der Waals surface area contributed by atoms with Gasteiger partial charge in [0.25, 0.3) is 0 Å². The Bertz CT molecular complexity index is 885. The third-order valence-electron chi connectivity index (χ3n) is 5.22. The highest BCUT2D eigenvalue weighted by molar-refractivity contribution is 5.78. The number of halogens is 6. The number of piperidine rings is 1. The maximum absolute atomic E-state index is 11.9. The molecule has 3 heterocycles. The third kappa shape index (κ3) is 9.85. The van der Waals surface area contributed by atoms with E-state index in [2.05, 4.69) is 21.0 Å². The number of rotatable bonds is 4. The molecule has 0 radical (unpaired) electrons. The number of nitrogens with zero attached hydrogens (tertiary/aromatic N) is 4. The van der Waals surface area contributed by atoms with Gasteiger partial charge in [0, 0.05) is 39.1 Å². The van der Waals surface area contributed by atoms with Crippen LogP contribution in [-0.4, -0.2) is 98.1 Å². The van der Waals surface area contributed by atoms with Crippen molar-refractivity contribution in [3.63, 3.8) is 0 Å². The molecule has 10 nitrogen and oxygen atoms in total. The average Bonchev–Trinajstić information content (AvgIpc) is 3.17. The Morgan fingerprint density at radius 1 is 1.14 bits per heavy atom. The number of imidazole rings is 1. The van der Waals surface area contributed by atoms with Crippen molar-refractivity contribution in [1.82, 2.24) is 19.4 Å². The SMILES string of the molecule is C=CCN1CC2(CCN(Cc3nccn3C)CC2)OCC1=O.O=C(O)C(F)(F)F.O=C(O)C(F)(F)F. The zero-order valence-corrected chi connectivity index (χ0v) is 19.2. The van der Waals surface area contributed by atoms with Gasteiger partial charge in [-0.25, -0.2) is 14.6 Å². The second kappa shape index (κ2) is 12.7. The first-order chi connectivity index (χ1) is 16.5. The van der Waals surface area contributed by atoms with Crippen molar-refractivity contribution < 1.29 is 55.7 Å². The summed E-state index contributed by atoms with van der Waals surface area (Å²) in [5, 5.41) is 14.2. The van der Waals surface area contributed by atoms with E-state index in [1.807, 2.05) is 24.3 Å². The molecule has 2 aliphatic rings. The predicted molar refractivity (Wildman–Crippen MR) is 111 cm³/mol.